The highest BCUT2D eigenvalue weighted by Gasteiger charge is 2.44. The van der Waals surface area contributed by atoms with E-state index in [1.165, 1.54) is 17.8 Å². The predicted octanol–water partition coefficient (Wildman–Crippen LogP) is 4.36. The summed E-state index contributed by atoms with van der Waals surface area (Å²) in [4.78, 5) is 4.05. The Kier molecular flexibility index (Phi) is 3.86. The summed E-state index contributed by atoms with van der Waals surface area (Å²) in [5, 5.41) is 4.13. The van der Waals surface area contributed by atoms with Gasteiger partial charge in [-0.3, -0.25) is 4.98 Å². The maximum absolute atomic E-state index is 13.6. The van der Waals surface area contributed by atoms with Gasteiger partial charge in [0.2, 0.25) is 0 Å². The number of thiocarbonyl (C=S) groups is 1. The van der Waals surface area contributed by atoms with Gasteiger partial charge in [-0.15, -0.1) is 0 Å². The fraction of sp³-hybridized carbons (Fsp3) is 0.0667. The van der Waals surface area contributed by atoms with E-state index in [-0.39, 0.29) is 5.82 Å². The van der Waals surface area contributed by atoms with Crippen LogP contribution in [0.3, 0.4) is 0 Å². The lowest BCUT2D eigenvalue weighted by Crippen LogP contribution is -2.42. The molecule has 1 N–H and O–H groups in total. The second-order valence-corrected chi connectivity index (χ2v) is 7.18. The Balaban J connectivity index is 2.24. The van der Waals surface area contributed by atoms with E-state index in [9.17, 15) is 4.39 Å². The third-order valence-electron chi connectivity index (χ3n) is 3.31. The van der Waals surface area contributed by atoms with Crippen LogP contribution in [-0.2, 0) is 5.54 Å². The molecule has 1 aliphatic rings. The van der Waals surface area contributed by atoms with Gasteiger partial charge >= 0.3 is 0 Å². The predicted molar refractivity (Wildman–Crippen MR) is 91.6 cm³/mol. The highest BCUT2D eigenvalue weighted by Crippen LogP contribution is 2.44. The monoisotopic (exact) mass is 380 g/mol. The van der Waals surface area contributed by atoms with E-state index in [2.05, 4.69) is 32.8 Å². The molecule has 0 amide bonds. The van der Waals surface area contributed by atoms with E-state index in [4.69, 9.17) is 12.2 Å². The number of rotatable bonds is 2. The third kappa shape index (κ3) is 2.41. The molecule has 2 aromatic rings. The van der Waals surface area contributed by atoms with Crippen molar-refractivity contribution >= 4 is 44.1 Å². The lowest BCUT2D eigenvalue weighted by Gasteiger charge is -2.30. The molecule has 0 bridgehead atoms. The summed E-state index contributed by atoms with van der Waals surface area (Å²) in [5.41, 5.74) is 1.11. The molecule has 1 aromatic carbocycles. The quantitative estimate of drug-likeness (QED) is 0.782. The summed E-state index contributed by atoms with van der Waals surface area (Å²) in [6.07, 6.45) is 3.43. The normalized spacial score (nSPS) is 21.4. The Bertz CT molecular complexity index is 736. The van der Waals surface area contributed by atoms with E-state index in [1.807, 2.05) is 12.1 Å². The van der Waals surface area contributed by atoms with Crippen LogP contribution in [0.4, 0.5) is 4.39 Å². The maximum atomic E-state index is 13.6. The Morgan fingerprint density at radius 2 is 1.95 bits per heavy atom. The highest BCUT2D eigenvalue weighted by atomic mass is 79.9. The molecule has 1 saturated heterocycles. The first-order valence-electron chi connectivity index (χ1n) is 6.09. The number of pyridine rings is 1. The standard InChI is InChI=1S/C15H10BrFN2S2/c1-9-19-15(14(20)21-9,10-4-6-18-7-5-10)11-2-3-13(17)12(16)8-11/h2-8,19H,1H2. The average molecular weight is 381 g/mol. The molecule has 3 rings (SSSR count). The van der Waals surface area contributed by atoms with Crippen molar-refractivity contribution in [3.05, 3.63) is 75.8 Å². The molecule has 21 heavy (non-hydrogen) atoms. The van der Waals surface area contributed by atoms with Crippen LogP contribution in [0.15, 0.2) is 58.8 Å². The van der Waals surface area contributed by atoms with Crippen molar-refractivity contribution in [2.75, 3.05) is 0 Å². The van der Waals surface area contributed by atoms with Crippen LogP contribution in [0.2, 0.25) is 0 Å². The molecule has 2 nitrogen and oxygen atoms in total. The number of nitrogens with one attached hydrogen (secondary N) is 1. The van der Waals surface area contributed by atoms with E-state index in [0.717, 1.165) is 20.4 Å². The molecule has 1 aliphatic heterocycles. The van der Waals surface area contributed by atoms with Crippen molar-refractivity contribution in [1.29, 1.82) is 0 Å². The van der Waals surface area contributed by atoms with Gasteiger partial charge in [0, 0.05) is 12.4 Å². The van der Waals surface area contributed by atoms with Gasteiger partial charge in [0.05, 0.1) is 13.7 Å². The summed E-state index contributed by atoms with van der Waals surface area (Å²) in [5.74, 6) is -0.306. The van der Waals surface area contributed by atoms with E-state index >= 15 is 0 Å². The summed E-state index contributed by atoms with van der Waals surface area (Å²) in [6, 6.07) is 8.71. The Labute approximate surface area is 140 Å². The highest BCUT2D eigenvalue weighted by molar-refractivity contribution is 9.10. The number of hydrogen-bond acceptors (Lipinski definition) is 4. The zero-order valence-electron chi connectivity index (χ0n) is 10.8. The van der Waals surface area contributed by atoms with Gasteiger partial charge in [0.15, 0.2) is 0 Å². The number of nitrogens with zero attached hydrogens (tertiary/aromatic N) is 1. The average Bonchev–Trinajstić information content (AvgIpc) is 2.78. The number of thioether (sulfide) groups is 1. The molecule has 1 unspecified atom stereocenters. The minimum absolute atomic E-state index is 0.306. The molecular formula is C15H10BrFN2S2. The largest absolute Gasteiger partial charge is 0.362 e. The zero-order chi connectivity index (χ0) is 15.0. The molecule has 6 heteroatoms. The SMILES string of the molecule is C=C1NC(c2ccncc2)(c2ccc(F)c(Br)c2)C(=S)S1. The van der Waals surface area contributed by atoms with Crippen LogP contribution in [-0.4, -0.2) is 9.18 Å². The van der Waals surface area contributed by atoms with Crippen LogP contribution >= 0.6 is 39.9 Å². The first-order valence-corrected chi connectivity index (χ1v) is 8.11. The molecule has 106 valence electrons. The lowest BCUT2D eigenvalue weighted by molar-refractivity contribution is 0.606. The van der Waals surface area contributed by atoms with Crippen molar-refractivity contribution < 1.29 is 4.39 Å². The van der Waals surface area contributed by atoms with Gasteiger partial charge in [-0.1, -0.05) is 36.6 Å². The van der Waals surface area contributed by atoms with Gasteiger partial charge in [-0.25, -0.2) is 4.39 Å². The van der Waals surface area contributed by atoms with Gasteiger partial charge < -0.3 is 5.32 Å². The van der Waals surface area contributed by atoms with Gasteiger partial charge in [-0.2, -0.15) is 0 Å². The third-order valence-corrected chi connectivity index (χ3v) is 5.32. The number of halogens is 2. The molecule has 0 aliphatic carbocycles. The van der Waals surface area contributed by atoms with Gasteiger partial charge in [0.1, 0.15) is 11.4 Å². The van der Waals surface area contributed by atoms with Crippen LogP contribution in [0.25, 0.3) is 0 Å². The molecule has 1 fully saturated rings. The Hall–Kier alpha value is -1.24. The molecular weight excluding hydrogens is 371 g/mol. The van der Waals surface area contributed by atoms with Gasteiger partial charge in [0.25, 0.3) is 0 Å². The van der Waals surface area contributed by atoms with E-state index in [0.29, 0.717) is 4.47 Å². The van der Waals surface area contributed by atoms with Crippen LogP contribution < -0.4 is 5.32 Å². The maximum Gasteiger partial charge on any atom is 0.137 e. The van der Waals surface area contributed by atoms with Crippen molar-refractivity contribution in [1.82, 2.24) is 10.3 Å². The second-order valence-electron chi connectivity index (χ2n) is 4.55. The minimum atomic E-state index is -0.698. The summed E-state index contributed by atoms with van der Waals surface area (Å²) < 4.78 is 14.7. The van der Waals surface area contributed by atoms with Crippen molar-refractivity contribution in [3.63, 3.8) is 0 Å². The van der Waals surface area contributed by atoms with E-state index < -0.39 is 5.54 Å². The summed E-state index contributed by atoms with van der Waals surface area (Å²) >= 11 is 10.2. The minimum Gasteiger partial charge on any atom is -0.362 e. The Morgan fingerprint density at radius 1 is 1.24 bits per heavy atom. The second kappa shape index (κ2) is 5.51. The van der Waals surface area contributed by atoms with Crippen molar-refractivity contribution in [2.24, 2.45) is 0 Å². The molecule has 1 aromatic heterocycles. The number of benzene rings is 1. The summed E-state index contributed by atoms with van der Waals surface area (Å²) in [7, 11) is 0. The number of aromatic nitrogens is 1. The fourth-order valence-electron chi connectivity index (χ4n) is 2.35. The summed E-state index contributed by atoms with van der Waals surface area (Å²) in [6.45, 7) is 3.95. The van der Waals surface area contributed by atoms with Crippen LogP contribution in [0.5, 0.6) is 0 Å². The molecule has 0 spiro atoms. The van der Waals surface area contributed by atoms with E-state index in [1.54, 1.807) is 24.5 Å². The Morgan fingerprint density at radius 3 is 2.52 bits per heavy atom. The van der Waals surface area contributed by atoms with Gasteiger partial charge in [-0.05, 0) is 51.3 Å². The smallest absolute Gasteiger partial charge is 0.137 e. The van der Waals surface area contributed by atoms with Crippen LogP contribution in [0.1, 0.15) is 11.1 Å². The van der Waals surface area contributed by atoms with Crippen molar-refractivity contribution in [3.8, 4) is 0 Å². The topological polar surface area (TPSA) is 24.9 Å². The first-order chi connectivity index (χ1) is 10.0. The molecule has 0 radical (unpaired) electrons. The molecule has 1 atom stereocenters. The lowest BCUT2D eigenvalue weighted by atomic mass is 9.85. The molecule has 0 saturated carbocycles. The molecule has 2 heterocycles. The van der Waals surface area contributed by atoms with Crippen LogP contribution in [0, 0.1) is 5.82 Å². The first kappa shape index (κ1) is 14.7. The number of hydrogen-bond donors (Lipinski definition) is 1. The van der Waals surface area contributed by atoms with Crippen molar-refractivity contribution in [2.45, 2.75) is 5.54 Å². The zero-order valence-corrected chi connectivity index (χ0v) is 14.0. The fourth-order valence-corrected chi connectivity index (χ4v) is 4.19.